The molecule has 0 amide bonds. The Labute approximate surface area is 74.9 Å². The Kier molecular flexibility index (Phi) is 2.13. The van der Waals surface area contributed by atoms with Gasteiger partial charge in [0.05, 0.1) is 12.3 Å². The molecule has 2 aliphatic rings. The highest BCUT2D eigenvalue weighted by molar-refractivity contribution is 4.91. The SMILES string of the molecule is CN1COC2(C)CCCCC2C1. The molecule has 0 radical (unpaired) electrons. The summed E-state index contributed by atoms with van der Waals surface area (Å²) in [6.45, 7) is 4.35. The first-order chi connectivity index (χ1) is 5.71. The Morgan fingerprint density at radius 3 is 3.08 bits per heavy atom. The third-order valence-electron chi connectivity index (χ3n) is 3.49. The van der Waals surface area contributed by atoms with Crippen molar-refractivity contribution in [2.24, 2.45) is 5.92 Å². The second-order valence-electron chi connectivity index (χ2n) is 4.57. The number of fused-ring (bicyclic) bond motifs is 1. The van der Waals surface area contributed by atoms with Crippen molar-refractivity contribution in [3.8, 4) is 0 Å². The minimum Gasteiger partial charge on any atom is -0.360 e. The molecule has 2 atom stereocenters. The Bertz CT molecular complexity index is 171. The van der Waals surface area contributed by atoms with Crippen LogP contribution in [0.15, 0.2) is 0 Å². The van der Waals surface area contributed by atoms with Crippen LogP contribution in [-0.4, -0.2) is 30.8 Å². The minimum atomic E-state index is 0.213. The zero-order valence-electron chi connectivity index (χ0n) is 8.18. The summed E-state index contributed by atoms with van der Waals surface area (Å²) in [5, 5.41) is 0. The van der Waals surface area contributed by atoms with Crippen molar-refractivity contribution in [2.75, 3.05) is 20.3 Å². The molecule has 1 aliphatic carbocycles. The summed E-state index contributed by atoms with van der Waals surface area (Å²) in [6, 6.07) is 0. The van der Waals surface area contributed by atoms with Crippen LogP contribution in [0.2, 0.25) is 0 Å². The zero-order chi connectivity index (χ0) is 8.60. The van der Waals surface area contributed by atoms with Crippen LogP contribution in [0, 0.1) is 5.92 Å². The highest BCUT2D eigenvalue weighted by Crippen LogP contribution is 2.39. The number of nitrogens with zero attached hydrogens (tertiary/aromatic N) is 1. The van der Waals surface area contributed by atoms with Crippen molar-refractivity contribution in [3.05, 3.63) is 0 Å². The van der Waals surface area contributed by atoms with E-state index >= 15 is 0 Å². The molecule has 2 nitrogen and oxygen atoms in total. The van der Waals surface area contributed by atoms with Crippen LogP contribution in [0.4, 0.5) is 0 Å². The van der Waals surface area contributed by atoms with Gasteiger partial charge in [-0.25, -0.2) is 0 Å². The minimum absolute atomic E-state index is 0.213. The van der Waals surface area contributed by atoms with Crippen molar-refractivity contribution in [1.29, 1.82) is 0 Å². The van der Waals surface area contributed by atoms with Gasteiger partial charge in [0.2, 0.25) is 0 Å². The molecule has 1 saturated heterocycles. The van der Waals surface area contributed by atoms with Gasteiger partial charge in [0.25, 0.3) is 0 Å². The summed E-state index contributed by atoms with van der Waals surface area (Å²) >= 11 is 0. The van der Waals surface area contributed by atoms with Crippen molar-refractivity contribution in [3.63, 3.8) is 0 Å². The smallest absolute Gasteiger partial charge is 0.0995 e. The van der Waals surface area contributed by atoms with E-state index in [-0.39, 0.29) is 5.60 Å². The van der Waals surface area contributed by atoms with Gasteiger partial charge >= 0.3 is 0 Å². The number of hydrogen-bond donors (Lipinski definition) is 0. The van der Waals surface area contributed by atoms with Gasteiger partial charge in [-0.3, -0.25) is 4.90 Å². The van der Waals surface area contributed by atoms with Crippen LogP contribution in [0.5, 0.6) is 0 Å². The van der Waals surface area contributed by atoms with Crippen LogP contribution in [0.1, 0.15) is 32.6 Å². The number of hydrogen-bond acceptors (Lipinski definition) is 2. The lowest BCUT2D eigenvalue weighted by Gasteiger charge is -2.47. The Morgan fingerprint density at radius 1 is 1.42 bits per heavy atom. The van der Waals surface area contributed by atoms with E-state index in [4.69, 9.17) is 4.74 Å². The quantitative estimate of drug-likeness (QED) is 0.549. The lowest BCUT2D eigenvalue weighted by Crippen LogP contribution is -2.52. The first-order valence-electron chi connectivity index (χ1n) is 5.03. The first kappa shape index (κ1) is 8.52. The molecule has 0 bridgehead atoms. The van der Waals surface area contributed by atoms with Crippen molar-refractivity contribution >= 4 is 0 Å². The molecule has 0 aromatic carbocycles. The molecule has 2 fully saturated rings. The summed E-state index contributed by atoms with van der Waals surface area (Å²) < 4.78 is 5.91. The van der Waals surface area contributed by atoms with E-state index in [9.17, 15) is 0 Å². The summed E-state index contributed by atoms with van der Waals surface area (Å²) in [7, 11) is 2.15. The first-order valence-corrected chi connectivity index (χ1v) is 5.03. The van der Waals surface area contributed by atoms with Gasteiger partial charge in [-0.2, -0.15) is 0 Å². The maximum absolute atomic E-state index is 5.91. The van der Waals surface area contributed by atoms with Gasteiger partial charge in [-0.15, -0.1) is 0 Å². The fourth-order valence-electron chi connectivity index (χ4n) is 2.54. The molecule has 70 valence electrons. The molecule has 2 heteroatoms. The third kappa shape index (κ3) is 1.38. The standard InChI is InChI=1S/C10H19NO/c1-10-6-4-3-5-9(10)7-11(2)8-12-10/h9H,3-8H2,1-2H3. The summed E-state index contributed by atoms with van der Waals surface area (Å²) in [6.07, 6.45) is 5.39. The van der Waals surface area contributed by atoms with E-state index in [1.54, 1.807) is 0 Å². The van der Waals surface area contributed by atoms with Crippen LogP contribution >= 0.6 is 0 Å². The average molecular weight is 169 g/mol. The molecule has 1 saturated carbocycles. The van der Waals surface area contributed by atoms with Crippen LogP contribution in [-0.2, 0) is 4.74 Å². The van der Waals surface area contributed by atoms with Gasteiger partial charge < -0.3 is 4.74 Å². The van der Waals surface area contributed by atoms with Gasteiger partial charge in [-0.05, 0) is 26.8 Å². The topological polar surface area (TPSA) is 12.5 Å². The number of ether oxygens (including phenoxy) is 1. The van der Waals surface area contributed by atoms with Crippen molar-refractivity contribution in [2.45, 2.75) is 38.2 Å². The molecule has 2 unspecified atom stereocenters. The lowest BCUT2D eigenvalue weighted by atomic mass is 9.75. The summed E-state index contributed by atoms with van der Waals surface area (Å²) in [5.41, 5.74) is 0.213. The van der Waals surface area contributed by atoms with Gasteiger partial charge in [0, 0.05) is 12.5 Å². The van der Waals surface area contributed by atoms with Crippen molar-refractivity contribution in [1.82, 2.24) is 4.90 Å². The molecule has 0 spiro atoms. The Morgan fingerprint density at radius 2 is 2.25 bits per heavy atom. The van der Waals surface area contributed by atoms with E-state index in [1.165, 1.54) is 32.2 Å². The molecule has 0 aromatic rings. The maximum Gasteiger partial charge on any atom is 0.0995 e. The highest BCUT2D eigenvalue weighted by Gasteiger charge is 2.40. The fraction of sp³-hybridized carbons (Fsp3) is 1.00. The molecule has 0 aromatic heterocycles. The van der Waals surface area contributed by atoms with E-state index < -0.39 is 0 Å². The van der Waals surface area contributed by atoms with Crippen LogP contribution < -0.4 is 0 Å². The monoisotopic (exact) mass is 169 g/mol. The Hall–Kier alpha value is -0.0800. The van der Waals surface area contributed by atoms with Gasteiger partial charge in [0.15, 0.2) is 0 Å². The molecule has 12 heavy (non-hydrogen) atoms. The van der Waals surface area contributed by atoms with Crippen molar-refractivity contribution < 1.29 is 4.74 Å². The highest BCUT2D eigenvalue weighted by atomic mass is 16.5. The van der Waals surface area contributed by atoms with Gasteiger partial charge in [0.1, 0.15) is 0 Å². The number of rotatable bonds is 0. The molecular formula is C10H19NO. The molecule has 0 N–H and O–H groups in total. The Balaban J connectivity index is 2.06. The normalized spacial score (nSPS) is 44.0. The summed E-state index contributed by atoms with van der Waals surface area (Å²) in [4.78, 5) is 2.29. The predicted molar refractivity (Wildman–Crippen MR) is 48.9 cm³/mol. The third-order valence-corrected chi connectivity index (χ3v) is 3.49. The molecule has 1 heterocycles. The lowest BCUT2D eigenvalue weighted by molar-refractivity contribution is -0.172. The summed E-state index contributed by atoms with van der Waals surface area (Å²) in [5.74, 6) is 0.782. The molecule has 2 rings (SSSR count). The molecule has 1 aliphatic heterocycles. The molecular weight excluding hydrogens is 150 g/mol. The van der Waals surface area contributed by atoms with E-state index in [0.717, 1.165) is 12.6 Å². The maximum atomic E-state index is 5.91. The average Bonchev–Trinajstić information content (AvgIpc) is 2.06. The van der Waals surface area contributed by atoms with Gasteiger partial charge in [-0.1, -0.05) is 12.8 Å². The second-order valence-corrected chi connectivity index (χ2v) is 4.57. The van der Waals surface area contributed by atoms with E-state index in [0.29, 0.717) is 0 Å². The van der Waals surface area contributed by atoms with E-state index in [2.05, 4.69) is 18.9 Å². The largest absolute Gasteiger partial charge is 0.360 e. The van der Waals surface area contributed by atoms with Crippen LogP contribution in [0.3, 0.4) is 0 Å². The predicted octanol–water partition coefficient (Wildman–Crippen LogP) is 1.85. The van der Waals surface area contributed by atoms with E-state index in [1.807, 2.05) is 0 Å². The van der Waals surface area contributed by atoms with Crippen LogP contribution in [0.25, 0.3) is 0 Å². The zero-order valence-corrected chi connectivity index (χ0v) is 8.18. The fourth-order valence-corrected chi connectivity index (χ4v) is 2.54. The second kappa shape index (κ2) is 3.00.